The molecule has 2 heterocycles. The zero-order valence-electron chi connectivity index (χ0n) is 12.9. The minimum atomic E-state index is -0.353. The number of carbonyl (C=O) groups excluding carboxylic acids is 1. The maximum Gasteiger partial charge on any atom is 0.278 e. The van der Waals surface area contributed by atoms with Gasteiger partial charge in [0.2, 0.25) is 0 Å². The largest absolute Gasteiger partial charge is 0.486 e. The zero-order chi connectivity index (χ0) is 16.2. The van der Waals surface area contributed by atoms with Gasteiger partial charge >= 0.3 is 0 Å². The molecule has 118 valence electrons. The maximum absolute atomic E-state index is 11.9. The summed E-state index contributed by atoms with van der Waals surface area (Å²) in [6.45, 7) is 2.29. The van der Waals surface area contributed by atoms with Gasteiger partial charge in [-0.3, -0.25) is 9.63 Å². The number of para-hydroxylation sites is 1. The van der Waals surface area contributed by atoms with Gasteiger partial charge in [0.15, 0.2) is 0 Å². The number of nitrogens with zero attached hydrogens (tertiary/aromatic N) is 2. The number of hydrogen-bond donors (Lipinski definition) is 1. The first kappa shape index (κ1) is 15.1. The van der Waals surface area contributed by atoms with Crippen molar-refractivity contribution in [1.82, 2.24) is 14.9 Å². The molecule has 6 heteroatoms. The molecule has 6 nitrogen and oxygen atoms in total. The number of aryl methyl sites for hydroxylation is 1. The molecule has 0 aliphatic carbocycles. The molecule has 0 saturated heterocycles. The van der Waals surface area contributed by atoms with Crippen molar-refractivity contribution in [2.45, 2.75) is 13.5 Å². The molecule has 0 radical (unpaired) electrons. The SMILES string of the molecule is CONC(=O)c1ccccc1OCc1cn2cccc(C)c2n1. The highest BCUT2D eigenvalue weighted by atomic mass is 16.6. The van der Waals surface area contributed by atoms with Crippen molar-refractivity contribution in [1.29, 1.82) is 0 Å². The van der Waals surface area contributed by atoms with E-state index in [0.29, 0.717) is 11.3 Å². The van der Waals surface area contributed by atoms with Gasteiger partial charge < -0.3 is 9.14 Å². The first-order valence-electron chi connectivity index (χ1n) is 7.17. The highest BCUT2D eigenvalue weighted by Gasteiger charge is 2.12. The molecule has 23 heavy (non-hydrogen) atoms. The number of hydrogen-bond acceptors (Lipinski definition) is 4. The van der Waals surface area contributed by atoms with Crippen molar-refractivity contribution in [2.24, 2.45) is 0 Å². The van der Waals surface area contributed by atoms with Crippen LogP contribution in [0.1, 0.15) is 21.6 Å². The van der Waals surface area contributed by atoms with Gasteiger partial charge in [-0.2, -0.15) is 0 Å². The zero-order valence-corrected chi connectivity index (χ0v) is 12.9. The van der Waals surface area contributed by atoms with Gasteiger partial charge in [0.05, 0.1) is 18.4 Å². The lowest BCUT2D eigenvalue weighted by Gasteiger charge is -2.09. The van der Waals surface area contributed by atoms with Gasteiger partial charge in [0.25, 0.3) is 5.91 Å². The molecule has 1 amide bonds. The Labute approximate surface area is 133 Å². The lowest BCUT2D eigenvalue weighted by atomic mass is 10.2. The normalized spacial score (nSPS) is 10.7. The second-order valence-electron chi connectivity index (χ2n) is 5.07. The number of fused-ring (bicyclic) bond motifs is 1. The fourth-order valence-electron chi connectivity index (χ4n) is 2.35. The third-order valence-electron chi connectivity index (χ3n) is 3.43. The monoisotopic (exact) mass is 311 g/mol. The van der Waals surface area contributed by atoms with E-state index in [2.05, 4.69) is 15.3 Å². The third kappa shape index (κ3) is 3.17. The molecule has 0 bridgehead atoms. The van der Waals surface area contributed by atoms with Crippen LogP contribution in [-0.4, -0.2) is 22.4 Å². The summed E-state index contributed by atoms with van der Waals surface area (Å²) in [5.74, 6) is 0.129. The Morgan fingerprint density at radius 1 is 1.26 bits per heavy atom. The van der Waals surface area contributed by atoms with Crippen molar-refractivity contribution in [3.8, 4) is 5.75 Å². The highest BCUT2D eigenvalue weighted by Crippen LogP contribution is 2.19. The predicted octanol–water partition coefficient (Wildman–Crippen LogP) is 2.51. The Morgan fingerprint density at radius 3 is 2.87 bits per heavy atom. The van der Waals surface area contributed by atoms with Crippen LogP contribution in [0.15, 0.2) is 48.8 Å². The summed E-state index contributed by atoms with van der Waals surface area (Å²) < 4.78 is 7.72. The fourth-order valence-corrected chi connectivity index (χ4v) is 2.35. The number of imidazole rings is 1. The van der Waals surface area contributed by atoms with Gasteiger partial charge in [-0.15, -0.1) is 0 Å². The summed E-state index contributed by atoms with van der Waals surface area (Å²) in [6, 6.07) is 11.0. The number of amides is 1. The van der Waals surface area contributed by atoms with Crippen LogP contribution >= 0.6 is 0 Å². The summed E-state index contributed by atoms with van der Waals surface area (Å²) in [6.07, 6.45) is 3.86. The van der Waals surface area contributed by atoms with Gasteiger partial charge in [0.1, 0.15) is 18.0 Å². The van der Waals surface area contributed by atoms with E-state index in [1.54, 1.807) is 18.2 Å². The molecular weight excluding hydrogens is 294 g/mol. The van der Waals surface area contributed by atoms with E-state index < -0.39 is 0 Å². The van der Waals surface area contributed by atoms with Crippen molar-refractivity contribution in [3.63, 3.8) is 0 Å². The van der Waals surface area contributed by atoms with Gasteiger partial charge in [-0.05, 0) is 30.7 Å². The lowest BCUT2D eigenvalue weighted by Crippen LogP contribution is -2.22. The van der Waals surface area contributed by atoms with Gasteiger partial charge in [0, 0.05) is 12.4 Å². The van der Waals surface area contributed by atoms with E-state index >= 15 is 0 Å². The molecule has 0 unspecified atom stereocenters. The third-order valence-corrected chi connectivity index (χ3v) is 3.43. The molecule has 0 aliphatic rings. The summed E-state index contributed by atoms with van der Waals surface area (Å²) >= 11 is 0. The standard InChI is InChI=1S/C17H17N3O3/c1-12-6-5-9-20-10-13(18-16(12)20)11-23-15-8-4-3-7-14(15)17(21)19-22-2/h3-10H,11H2,1-2H3,(H,19,21). The molecule has 0 saturated carbocycles. The number of nitrogens with one attached hydrogen (secondary N) is 1. The van der Waals surface area contributed by atoms with Crippen LogP contribution in [0.2, 0.25) is 0 Å². The minimum absolute atomic E-state index is 0.276. The number of hydroxylamine groups is 1. The molecule has 2 aromatic heterocycles. The molecule has 1 aromatic carbocycles. The molecule has 0 atom stereocenters. The van der Waals surface area contributed by atoms with Crippen LogP contribution < -0.4 is 10.2 Å². The molecule has 0 fully saturated rings. The molecule has 0 aliphatic heterocycles. The molecule has 0 spiro atoms. The minimum Gasteiger partial charge on any atom is -0.486 e. The maximum atomic E-state index is 11.9. The fraction of sp³-hybridized carbons (Fsp3) is 0.176. The molecule has 3 aromatic rings. The quantitative estimate of drug-likeness (QED) is 0.735. The number of aromatic nitrogens is 2. The number of ether oxygens (including phenoxy) is 1. The Morgan fingerprint density at radius 2 is 2.09 bits per heavy atom. The van der Waals surface area contributed by atoms with Gasteiger partial charge in [-0.1, -0.05) is 18.2 Å². The summed E-state index contributed by atoms with van der Waals surface area (Å²) in [7, 11) is 1.39. The number of carbonyl (C=O) groups is 1. The lowest BCUT2D eigenvalue weighted by molar-refractivity contribution is 0.0533. The first-order chi connectivity index (χ1) is 11.2. The number of benzene rings is 1. The van der Waals surface area contributed by atoms with Gasteiger partial charge in [-0.25, -0.2) is 10.5 Å². The Bertz CT molecular complexity index is 842. The van der Waals surface area contributed by atoms with Crippen LogP contribution in [-0.2, 0) is 11.4 Å². The van der Waals surface area contributed by atoms with Crippen LogP contribution in [0.5, 0.6) is 5.75 Å². The van der Waals surface area contributed by atoms with E-state index in [9.17, 15) is 4.79 Å². The number of pyridine rings is 1. The van der Waals surface area contributed by atoms with E-state index in [4.69, 9.17) is 4.74 Å². The van der Waals surface area contributed by atoms with E-state index in [1.807, 2.05) is 41.9 Å². The molecular formula is C17H17N3O3. The van der Waals surface area contributed by atoms with E-state index in [0.717, 1.165) is 16.9 Å². The second kappa shape index (κ2) is 6.50. The van der Waals surface area contributed by atoms with Crippen LogP contribution in [0.4, 0.5) is 0 Å². The molecule has 3 rings (SSSR count). The highest BCUT2D eigenvalue weighted by molar-refractivity contribution is 5.96. The molecule has 1 N–H and O–H groups in total. The van der Waals surface area contributed by atoms with Crippen LogP contribution in [0.25, 0.3) is 5.65 Å². The average Bonchev–Trinajstić information content (AvgIpc) is 2.98. The predicted molar refractivity (Wildman–Crippen MR) is 85.2 cm³/mol. The van der Waals surface area contributed by atoms with Crippen molar-refractivity contribution >= 4 is 11.6 Å². The van der Waals surface area contributed by atoms with Crippen molar-refractivity contribution in [2.75, 3.05) is 7.11 Å². The van der Waals surface area contributed by atoms with E-state index in [-0.39, 0.29) is 12.5 Å². The van der Waals surface area contributed by atoms with E-state index in [1.165, 1.54) is 7.11 Å². The van der Waals surface area contributed by atoms with Crippen LogP contribution in [0, 0.1) is 6.92 Å². The van der Waals surface area contributed by atoms with Crippen molar-refractivity contribution in [3.05, 3.63) is 65.6 Å². The van der Waals surface area contributed by atoms with Crippen LogP contribution in [0.3, 0.4) is 0 Å². The summed E-state index contributed by atoms with van der Waals surface area (Å²) in [5, 5.41) is 0. The smallest absolute Gasteiger partial charge is 0.278 e. The number of rotatable bonds is 5. The Balaban J connectivity index is 1.80. The Hall–Kier alpha value is -2.86. The van der Waals surface area contributed by atoms with Crippen molar-refractivity contribution < 1.29 is 14.4 Å². The average molecular weight is 311 g/mol. The summed E-state index contributed by atoms with van der Waals surface area (Å²) in [5.41, 5.74) is 5.49. The second-order valence-corrected chi connectivity index (χ2v) is 5.07. The first-order valence-corrected chi connectivity index (χ1v) is 7.17. The Kier molecular flexibility index (Phi) is 4.25. The summed E-state index contributed by atoms with van der Waals surface area (Å²) in [4.78, 5) is 21.1. The topological polar surface area (TPSA) is 64.9 Å².